The molecule has 0 saturated carbocycles. The summed E-state index contributed by atoms with van der Waals surface area (Å²) in [5, 5.41) is 14.5. The number of rotatable bonds is 5. The largest absolute Gasteiger partial charge is 0.294 e. The van der Waals surface area contributed by atoms with Gasteiger partial charge in [-0.25, -0.2) is 0 Å². The summed E-state index contributed by atoms with van der Waals surface area (Å²) in [6, 6.07) is 6.83. The Hall–Kier alpha value is -2.83. The molecular formula is C13H11N3O4. The molecule has 0 radical (unpaired) electrons. The first kappa shape index (κ1) is 13.6. The van der Waals surface area contributed by atoms with Crippen LogP contribution in [0.2, 0.25) is 0 Å². The molecule has 2 rings (SSSR count). The Morgan fingerprint density at radius 1 is 1.30 bits per heavy atom. The summed E-state index contributed by atoms with van der Waals surface area (Å²) >= 11 is 0. The fourth-order valence-electron chi connectivity index (χ4n) is 1.70. The van der Waals surface area contributed by atoms with Gasteiger partial charge in [0.2, 0.25) is 0 Å². The molecule has 1 aromatic carbocycles. The molecule has 0 atom stereocenters. The van der Waals surface area contributed by atoms with Crippen molar-refractivity contribution in [3.8, 4) is 0 Å². The minimum Gasteiger partial charge on any atom is -0.294 e. The smallest absolute Gasteiger partial charge is 0.270 e. The van der Waals surface area contributed by atoms with Gasteiger partial charge in [-0.3, -0.25) is 24.4 Å². The van der Waals surface area contributed by atoms with Gasteiger partial charge in [0.05, 0.1) is 11.3 Å². The van der Waals surface area contributed by atoms with E-state index in [0.29, 0.717) is 0 Å². The molecule has 1 heterocycles. The lowest BCUT2D eigenvalue weighted by molar-refractivity contribution is -0.384. The highest BCUT2D eigenvalue weighted by Gasteiger charge is 2.17. The number of Topliss-reactive ketones (excluding diaryl/α,β-unsaturated/α-hetero) is 2. The molecule has 0 saturated heterocycles. The highest BCUT2D eigenvalue weighted by atomic mass is 16.6. The van der Waals surface area contributed by atoms with E-state index < -0.39 is 16.5 Å². The molecule has 0 amide bonds. The molecule has 0 bridgehead atoms. The SMILES string of the molecule is Cn1ccc(C(=O)CC(=O)c2cccc([N+](=O)[O-])c2)n1. The van der Waals surface area contributed by atoms with Gasteiger partial charge in [-0.1, -0.05) is 12.1 Å². The zero-order valence-electron chi connectivity index (χ0n) is 10.6. The van der Waals surface area contributed by atoms with Crippen molar-refractivity contribution in [1.82, 2.24) is 9.78 Å². The van der Waals surface area contributed by atoms with Gasteiger partial charge in [-0.05, 0) is 6.07 Å². The van der Waals surface area contributed by atoms with E-state index in [1.54, 1.807) is 13.2 Å². The lowest BCUT2D eigenvalue weighted by atomic mass is 10.0. The molecule has 1 aromatic heterocycles. The number of non-ortho nitro benzene ring substituents is 1. The average Bonchev–Trinajstić information content (AvgIpc) is 2.85. The van der Waals surface area contributed by atoms with Gasteiger partial charge in [0.25, 0.3) is 5.69 Å². The van der Waals surface area contributed by atoms with E-state index in [2.05, 4.69) is 5.10 Å². The number of hydrogen-bond donors (Lipinski definition) is 0. The second-order valence-electron chi connectivity index (χ2n) is 4.21. The molecule has 0 unspecified atom stereocenters. The Bertz CT molecular complexity index is 690. The number of nitro groups is 1. The predicted octanol–water partition coefficient (Wildman–Crippen LogP) is 1.78. The van der Waals surface area contributed by atoms with Gasteiger partial charge in [-0.2, -0.15) is 5.10 Å². The highest BCUT2D eigenvalue weighted by molar-refractivity contribution is 6.12. The Kier molecular flexibility index (Phi) is 3.69. The minimum absolute atomic E-state index is 0.142. The zero-order chi connectivity index (χ0) is 14.7. The summed E-state index contributed by atoms with van der Waals surface area (Å²) in [5.41, 5.74) is 0.163. The Morgan fingerprint density at radius 3 is 2.65 bits per heavy atom. The predicted molar refractivity (Wildman–Crippen MR) is 69.6 cm³/mol. The molecule has 2 aromatic rings. The van der Waals surface area contributed by atoms with Crippen LogP contribution in [0, 0.1) is 10.1 Å². The molecule has 0 fully saturated rings. The zero-order valence-corrected chi connectivity index (χ0v) is 10.6. The number of carbonyl (C=O) groups excluding carboxylic acids is 2. The number of carbonyl (C=O) groups is 2. The molecule has 7 nitrogen and oxygen atoms in total. The lowest BCUT2D eigenvalue weighted by Gasteiger charge is -1.99. The Morgan fingerprint density at radius 2 is 2.05 bits per heavy atom. The van der Waals surface area contributed by atoms with Crippen LogP contribution in [0.5, 0.6) is 0 Å². The number of benzene rings is 1. The molecule has 0 aliphatic heterocycles. The van der Waals surface area contributed by atoms with Gasteiger partial charge < -0.3 is 0 Å². The van der Waals surface area contributed by atoms with Crippen LogP contribution in [0.3, 0.4) is 0 Å². The van der Waals surface area contributed by atoms with Crippen molar-refractivity contribution in [1.29, 1.82) is 0 Å². The number of hydrogen-bond acceptors (Lipinski definition) is 5. The van der Waals surface area contributed by atoms with E-state index in [4.69, 9.17) is 0 Å². The third-order valence-corrected chi connectivity index (χ3v) is 2.70. The summed E-state index contributed by atoms with van der Waals surface area (Å²) in [6.45, 7) is 0. The average molecular weight is 273 g/mol. The van der Waals surface area contributed by atoms with Crippen LogP contribution < -0.4 is 0 Å². The second kappa shape index (κ2) is 5.43. The molecule has 102 valence electrons. The van der Waals surface area contributed by atoms with Crippen LogP contribution in [0.4, 0.5) is 5.69 Å². The molecule has 0 aliphatic carbocycles. The normalized spacial score (nSPS) is 10.2. The maximum atomic E-state index is 11.9. The van der Waals surface area contributed by atoms with Crippen molar-refractivity contribution in [2.75, 3.05) is 0 Å². The van der Waals surface area contributed by atoms with Crippen LogP contribution in [0.25, 0.3) is 0 Å². The molecule has 0 aliphatic rings. The van der Waals surface area contributed by atoms with Gasteiger partial charge in [0.1, 0.15) is 5.69 Å². The summed E-state index contributed by atoms with van der Waals surface area (Å²) in [4.78, 5) is 33.8. The van der Waals surface area contributed by atoms with Crippen molar-refractivity contribution in [2.24, 2.45) is 7.05 Å². The van der Waals surface area contributed by atoms with Crippen LogP contribution in [-0.2, 0) is 7.05 Å². The molecule has 20 heavy (non-hydrogen) atoms. The summed E-state index contributed by atoms with van der Waals surface area (Å²) in [7, 11) is 1.67. The third kappa shape index (κ3) is 2.94. The Labute approximate surface area is 114 Å². The number of nitrogens with zero attached hydrogens (tertiary/aromatic N) is 3. The van der Waals surface area contributed by atoms with Crippen molar-refractivity contribution in [2.45, 2.75) is 6.42 Å². The number of ketones is 2. The van der Waals surface area contributed by atoms with Crippen LogP contribution in [-0.4, -0.2) is 26.3 Å². The van der Waals surface area contributed by atoms with E-state index in [0.717, 1.165) is 6.07 Å². The summed E-state index contributed by atoms with van der Waals surface area (Å²) in [6.07, 6.45) is 1.24. The Balaban J connectivity index is 2.14. The van der Waals surface area contributed by atoms with E-state index in [9.17, 15) is 19.7 Å². The fraction of sp³-hybridized carbons (Fsp3) is 0.154. The topological polar surface area (TPSA) is 95.1 Å². The maximum Gasteiger partial charge on any atom is 0.270 e. The maximum absolute atomic E-state index is 11.9. The molecule has 0 spiro atoms. The summed E-state index contributed by atoms with van der Waals surface area (Å²) < 4.78 is 1.46. The summed E-state index contributed by atoms with van der Waals surface area (Å²) in [5.74, 6) is -0.883. The van der Waals surface area contributed by atoms with Crippen LogP contribution in [0.15, 0.2) is 36.5 Å². The van der Waals surface area contributed by atoms with Crippen LogP contribution >= 0.6 is 0 Å². The van der Waals surface area contributed by atoms with Gasteiger partial charge in [0, 0.05) is 30.9 Å². The van der Waals surface area contributed by atoms with Crippen molar-refractivity contribution < 1.29 is 14.5 Å². The van der Waals surface area contributed by atoms with Crippen LogP contribution in [0.1, 0.15) is 27.3 Å². The first-order valence-electron chi connectivity index (χ1n) is 5.78. The quantitative estimate of drug-likeness (QED) is 0.358. The number of aromatic nitrogens is 2. The fourth-order valence-corrected chi connectivity index (χ4v) is 1.70. The standard InChI is InChI=1S/C13H11N3O4/c1-15-6-5-11(14-15)13(18)8-12(17)9-3-2-4-10(7-9)16(19)20/h2-7H,8H2,1H3. The molecule has 7 heteroatoms. The second-order valence-corrected chi connectivity index (χ2v) is 4.21. The first-order valence-corrected chi connectivity index (χ1v) is 5.78. The van der Waals surface area contributed by atoms with E-state index in [1.807, 2.05) is 0 Å². The minimum atomic E-state index is -0.586. The monoisotopic (exact) mass is 273 g/mol. The highest BCUT2D eigenvalue weighted by Crippen LogP contribution is 2.15. The molecule has 0 N–H and O–H groups in total. The van der Waals surface area contributed by atoms with Gasteiger partial charge in [-0.15, -0.1) is 0 Å². The molecular weight excluding hydrogens is 262 g/mol. The number of aryl methyl sites for hydroxylation is 1. The van der Waals surface area contributed by atoms with E-state index in [1.165, 1.54) is 28.9 Å². The lowest BCUT2D eigenvalue weighted by Crippen LogP contribution is -2.10. The van der Waals surface area contributed by atoms with E-state index >= 15 is 0 Å². The van der Waals surface area contributed by atoms with E-state index in [-0.39, 0.29) is 23.4 Å². The third-order valence-electron chi connectivity index (χ3n) is 2.70. The number of nitro benzene ring substituents is 1. The van der Waals surface area contributed by atoms with Gasteiger partial charge in [0.15, 0.2) is 11.6 Å². The van der Waals surface area contributed by atoms with Crippen molar-refractivity contribution in [3.05, 3.63) is 57.9 Å². The van der Waals surface area contributed by atoms with Crippen molar-refractivity contribution in [3.63, 3.8) is 0 Å². The van der Waals surface area contributed by atoms with Gasteiger partial charge >= 0.3 is 0 Å². The van der Waals surface area contributed by atoms with Crippen molar-refractivity contribution >= 4 is 17.3 Å². The first-order chi connectivity index (χ1) is 9.47.